The van der Waals surface area contributed by atoms with Gasteiger partial charge in [-0.3, -0.25) is 0 Å². The Kier molecular flexibility index (Phi) is 2.97. The summed E-state index contributed by atoms with van der Waals surface area (Å²) in [5.74, 6) is 0. The van der Waals surface area contributed by atoms with Crippen LogP contribution in [0.2, 0.25) is 0 Å². The van der Waals surface area contributed by atoms with Crippen molar-refractivity contribution >= 4 is 32.3 Å². The third-order valence-corrected chi connectivity index (χ3v) is 4.70. The van der Waals surface area contributed by atoms with Crippen LogP contribution < -0.4 is 0 Å². The van der Waals surface area contributed by atoms with Gasteiger partial charge in [-0.15, -0.1) is 0 Å². The van der Waals surface area contributed by atoms with Gasteiger partial charge in [0.15, 0.2) is 0 Å². The molecule has 4 bridgehead atoms. The minimum Gasteiger partial charge on any atom is -0.0616 e. The Labute approximate surface area is 130 Å². The van der Waals surface area contributed by atoms with E-state index in [1.54, 1.807) is 0 Å². The summed E-state index contributed by atoms with van der Waals surface area (Å²) in [6.07, 6.45) is 0. The van der Waals surface area contributed by atoms with Gasteiger partial charge in [0.1, 0.15) is 0 Å². The monoisotopic (exact) mass is 282 g/mol. The third kappa shape index (κ3) is 1.92. The zero-order valence-electron chi connectivity index (χ0n) is 12.9. The number of fused-ring (bicyclic) bond motifs is 7. The Morgan fingerprint density at radius 1 is 0.409 bits per heavy atom. The lowest BCUT2D eigenvalue weighted by Crippen LogP contribution is -1.83. The van der Waals surface area contributed by atoms with Crippen molar-refractivity contribution in [1.29, 1.82) is 0 Å². The zero-order valence-corrected chi connectivity index (χ0v) is 12.9. The highest BCUT2D eigenvalue weighted by molar-refractivity contribution is 6.09. The molecule has 0 heteroatoms. The van der Waals surface area contributed by atoms with Crippen LogP contribution in [0.1, 0.15) is 11.1 Å². The highest BCUT2D eigenvalue weighted by Gasteiger charge is 2.03. The molecular formula is C22H18. The van der Waals surface area contributed by atoms with Crippen LogP contribution in [0, 0.1) is 13.8 Å². The van der Waals surface area contributed by atoms with E-state index in [9.17, 15) is 0 Å². The molecular weight excluding hydrogens is 264 g/mol. The lowest BCUT2D eigenvalue weighted by Gasteiger charge is -2.08. The van der Waals surface area contributed by atoms with E-state index >= 15 is 0 Å². The van der Waals surface area contributed by atoms with Crippen molar-refractivity contribution < 1.29 is 0 Å². The normalized spacial score (nSPS) is 11.2. The third-order valence-electron chi connectivity index (χ3n) is 4.70. The highest BCUT2D eigenvalue weighted by Crippen LogP contribution is 2.29. The smallest absolute Gasteiger partial charge is 0.0102 e. The fraction of sp³-hybridized carbons (Fsp3) is 0.0909. The molecule has 0 heterocycles. The van der Waals surface area contributed by atoms with Gasteiger partial charge in [0, 0.05) is 0 Å². The van der Waals surface area contributed by atoms with E-state index < -0.39 is 0 Å². The molecule has 0 radical (unpaired) electrons. The first-order valence-electron chi connectivity index (χ1n) is 7.73. The van der Waals surface area contributed by atoms with E-state index in [0.717, 1.165) is 0 Å². The van der Waals surface area contributed by atoms with Crippen LogP contribution in [0.25, 0.3) is 32.3 Å². The molecule has 0 aliphatic rings. The van der Waals surface area contributed by atoms with Gasteiger partial charge >= 0.3 is 0 Å². The molecule has 0 saturated carbocycles. The topological polar surface area (TPSA) is 0 Å². The Bertz CT molecular complexity index is 954. The van der Waals surface area contributed by atoms with E-state index in [-0.39, 0.29) is 0 Å². The second-order valence-corrected chi connectivity index (χ2v) is 5.92. The summed E-state index contributed by atoms with van der Waals surface area (Å²) in [7, 11) is 0. The van der Waals surface area contributed by atoms with Gasteiger partial charge in [-0.1, -0.05) is 72.8 Å². The molecule has 0 aromatic heterocycles. The Balaban J connectivity index is 2.45. The SMILES string of the molecule is Cc1c2cccc1c1ccccc1c1cccc(cc2)c1C. The Morgan fingerprint density at radius 2 is 0.818 bits per heavy atom. The molecule has 4 aromatic carbocycles. The number of benzene rings is 3. The van der Waals surface area contributed by atoms with Crippen LogP contribution in [-0.4, -0.2) is 0 Å². The fourth-order valence-corrected chi connectivity index (χ4v) is 3.38. The molecule has 4 aromatic rings. The Hall–Kier alpha value is -2.60. The second kappa shape index (κ2) is 4.99. The number of hydrogen-bond donors (Lipinski definition) is 0. The fourth-order valence-electron chi connectivity index (χ4n) is 3.38. The summed E-state index contributed by atoms with van der Waals surface area (Å²) in [5, 5.41) is 7.86. The average molecular weight is 282 g/mol. The quantitative estimate of drug-likeness (QED) is 0.354. The zero-order chi connectivity index (χ0) is 15.1. The van der Waals surface area contributed by atoms with Gasteiger partial charge in [0.05, 0.1) is 0 Å². The predicted octanol–water partition coefficient (Wildman–Crippen LogP) is 6.33. The van der Waals surface area contributed by atoms with Gasteiger partial charge in [-0.2, -0.15) is 0 Å². The van der Waals surface area contributed by atoms with Crippen molar-refractivity contribution in [2.45, 2.75) is 13.8 Å². The van der Waals surface area contributed by atoms with Gasteiger partial charge in [0.25, 0.3) is 0 Å². The van der Waals surface area contributed by atoms with Gasteiger partial charge < -0.3 is 0 Å². The summed E-state index contributed by atoms with van der Waals surface area (Å²) in [6.45, 7) is 4.43. The maximum absolute atomic E-state index is 2.24. The molecule has 0 nitrogen and oxygen atoms in total. The molecule has 0 unspecified atom stereocenters. The van der Waals surface area contributed by atoms with E-state index in [0.29, 0.717) is 0 Å². The number of aryl methyl sites for hydroxylation is 2. The number of rotatable bonds is 0. The van der Waals surface area contributed by atoms with Crippen LogP contribution in [0.5, 0.6) is 0 Å². The van der Waals surface area contributed by atoms with Crippen molar-refractivity contribution in [2.75, 3.05) is 0 Å². The molecule has 106 valence electrons. The first-order chi connectivity index (χ1) is 10.8. The molecule has 0 fully saturated rings. The molecule has 22 heavy (non-hydrogen) atoms. The van der Waals surface area contributed by atoms with Crippen LogP contribution in [0.4, 0.5) is 0 Å². The van der Waals surface area contributed by atoms with Crippen molar-refractivity contribution in [3.63, 3.8) is 0 Å². The van der Waals surface area contributed by atoms with E-state index in [4.69, 9.17) is 0 Å². The van der Waals surface area contributed by atoms with Crippen LogP contribution in [0.15, 0.2) is 72.8 Å². The van der Waals surface area contributed by atoms with E-state index in [1.165, 1.54) is 43.4 Å². The molecule has 0 atom stereocenters. The summed E-state index contributed by atoms with van der Waals surface area (Å²) in [5.41, 5.74) is 2.68. The first-order valence-corrected chi connectivity index (χ1v) is 7.73. The lowest BCUT2D eigenvalue weighted by atomic mass is 9.96. The minimum absolute atomic E-state index is 1.29. The molecule has 4 rings (SSSR count). The summed E-state index contributed by atoms with van der Waals surface area (Å²) in [6, 6.07) is 26.4. The number of hydrogen-bond acceptors (Lipinski definition) is 0. The predicted molar refractivity (Wildman–Crippen MR) is 97.2 cm³/mol. The lowest BCUT2D eigenvalue weighted by molar-refractivity contribution is 1.56. The van der Waals surface area contributed by atoms with Gasteiger partial charge in [0.2, 0.25) is 0 Å². The van der Waals surface area contributed by atoms with Crippen LogP contribution >= 0.6 is 0 Å². The molecule has 0 spiro atoms. The average Bonchev–Trinajstić information content (AvgIpc) is 2.54. The first kappa shape index (κ1) is 13.1. The summed E-state index contributed by atoms with van der Waals surface area (Å²) >= 11 is 0. The Morgan fingerprint density at radius 3 is 1.27 bits per heavy atom. The van der Waals surface area contributed by atoms with E-state index in [2.05, 4.69) is 86.6 Å². The molecule has 0 saturated heterocycles. The molecule has 0 N–H and O–H groups in total. The van der Waals surface area contributed by atoms with Crippen molar-refractivity contribution in [3.8, 4) is 0 Å². The van der Waals surface area contributed by atoms with Crippen molar-refractivity contribution in [3.05, 3.63) is 83.9 Å². The highest BCUT2D eigenvalue weighted by atomic mass is 14.1. The summed E-state index contributed by atoms with van der Waals surface area (Å²) < 4.78 is 0. The maximum atomic E-state index is 2.24. The standard InChI is InChI=1S/C22H18/c1-15-17-7-5-11-19(15)21-9-3-4-10-22(21)20-12-6-8-18(14-13-17)16(20)2/h3-14H,1-2H3. The van der Waals surface area contributed by atoms with Crippen LogP contribution in [0.3, 0.4) is 0 Å². The largest absolute Gasteiger partial charge is 0.0616 e. The maximum Gasteiger partial charge on any atom is -0.0102 e. The van der Waals surface area contributed by atoms with E-state index in [1.807, 2.05) is 0 Å². The van der Waals surface area contributed by atoms with Gasteiger partial charge in [-0.25, -0.2) is 0 Å². The minimum atomic E-state index is 1.29. The van der Waals surface area contributed by atoms with Crippen LogP contribution in [-0.2, 0) is 0 Å². The van der Waals surface area contributed by atoms with Gasteiger partial charge in [-0.05, 0) is 57.3 Å². The molecule has 0 aliphatic heterocycles. The molecule has 0 aliphatic carbocycles. The van der Waals surface area contributed by atoms with Crippen molar-refractivity contribution in [1.82, 2.24) is 0 Å². The summed E-state index contributed by atoms with van der Waals surface area (Å²) in [4.78, 5) is 0. The van der Waals surface area contributed by atoms with Crippen molar-refractivity contribution in [2.24, 2.45) is 0 Å². The molecule has 0 amide bonds. The second-order valence-electron chi connectivity index (χ2n) is 5.92.